The Morgan fingerprint density at radius 3 is 2.25 bits per heavy atom. The van der Waals surface area contributed by atoms with Crippen LogP contribution < -0.4 is 0 Å². The number of phenolic OH excluding ortho intramolecular Hbond substituents is 1. The molecule has 0 aliphatic carbocycles. The van der Waals surface area contributed by atoms with Crippen molar-refractivity contribution in [1.29, 1.82) is 0 Å². The van der Waals surface area contributed by atoms with Gasteiger partial charge in [-0.05, 0) is 56.5 Å². The average Bonchev–Trinajstić information content (AvgIpc) is 3.14. The van der Waals surface area contributed by atoms with Crippen LogP contribution in [0.15, 0.2) is 66.7 Å². The molecular formula is C24H22N2OS. The number of phenols is 1. The third kappa shape index (κ3) is 3.82. The molecule has 0 saturated heterocycles. The smallest absolute Gasteiger partial charge is 0.125 e. The molecule has 0 unspecified atom stereocenters. The molecule has 140 valence electrons. The SMILES string of the molecule is Cc1ccc(-c2nc(CCc3ccccc3)c(-c3ccccc3O)nc2C)s1. The van der Waals surface area contributed by atoms with E-state index in [4.69, 9.17) is 9.97 Å². The van der Waals surface area contributed by atoms with Gasteiger partial charge in [0.05, 0.1) is 22.0 Å². The molecule has 2 heterocycles. The van der Waals surface area contributed by atoms with Gasteiger partial charge < -0.3 is 5.11 Å². The molecule has 3 nitrogen and oxygen atoms in total. The third-order valence-corrected chi connectivity index (χ3v) is 5.78. The van der Waals surface area contributed by atoms with Crippen LogP contribution in [0.4, 0.5) is 0 Å². The fourth-order valence-electron chi connectivity index (χ4n) is 3.32. The van der Waals surface area contributed by atoms with Gasteiger partial charge in [0.2, 0.25) is 0 Å². The summed E-state index contributed by atoms with van der Waals surface area (Å²) in [6.45, 7) is 4.09. The molecule has 1 N–H and O–H groups in total. The summed E-state index contributed by atoms with van der Waals surface area (Å²) in [5, 5.41) is 10.4. The Bertz CT molecular complexity index is 1100. The highest BCUT2D eigenvalue weighted by Gasteiger charge is 2.17. The summed E-state index contributed by atoms with van der Waals surface area (Å²) in [6.07, 6.45) is 1.64. The highest BCUT2D eigenvalue weighted by molar-refractivity contribution is 7.15. The van der Waals surface area contributed by atoms with E-state index in [1.54, 1.807) is 17.4 Å². The van der Waals surface area contributed by atoms with E-state index in [2.05, 4.69) is 43.3 Å². The number of hydrogen-bond acceptors (Lipinski definition) is 4. The Balaban J connectivity index is 1.80. The maximum absolute atomic E-state index is 10.4. The van der Waals surface area contributed by atoms with Gasteiger partial charge in [-0.1, -0.05) is 42.5 Å². The number of rotatable bonds is 5. The van der Waals surface area contributed by atoms with Crippen molar-refractivity contribution in [3.63, 3.8) is 0 Å². The van der Waals surface area contributed by atoms with Crippen molar-refractivity contribution in [2.45, 2.75) is 26.7 Å². The second-order valence-corrected chi connectivity index (χ2v) is 8.15. The van der Waals surface area contributed by atoms with E-state index >= 15 is 0 Å². The molecule has 0 radical (unpaired) electrons. The molecule has 0 atom stereocenters. The Hall–Kier alpha value is -2.98. The zero-order chi connectivity index (χ0) is 19.5. The van der Waals surface area contributed by atoms with Crippen molar-refractivity contribution in [2.24, 2.45) is 0 Å². The average molecular weight is 387 g/mol. The number of hydrogen-bond donors (Lipinski definition) is 1. The summed E-state index contributed by atoms with van der Waals surface area (Å²) in [4.78, 5) is 12.3. The highest BCUT2D eigenvalue weighted by atomic mass is 32.1. The first-order chi connectivity index (χ1) is 13.6. The first-order valence-electron chi connectivity index (χ1n) is 9.38. The standard InChI is InChI=1S/C24H22N2OS/c1-16-12-15-22(28-16)23-17(2)25-24(19-10-6-7-11-21(19)27)20(26-23)14-13-18-8-4-3-5-9-18/h3-12,15,27H,13-14H2,1-2H3. The summed E-state index contributed by atoms with van der Waals surface area (Å²) >= 11 is 1.73. The quantitative estimate of drug-likeness (QED) is 0.459. The Morgan fingerprint density at radius 1 is 0.786 bits per heavy atom. The minimum atomic E-state index is 0.233. The molecule has 28 heavy (non-hydrogen) atoms. The predicted molar refractivity (Wildman–Crippen MR) is 116 cm³/mol. The minimum Gasteiger partial charge on any atom is -0.507 e. The normalized spacial score (nSPS) is 10.9. The van der Waals surface area contributed by atoms with E-state index in [1.165, 1.54) is 10.4 Å². The van der Waals surface area contributed by atoms with Gasteiger partial charge >= 0.3 is 0 Å². The number of benzene rings is 2. The van der Waals surface area contributed by atoms with Crippen LogP contribution in [0.5, 0.6) is 5.75 Å². The monoisotopic (exact) mass is 386 g/mol. The van der Waals surface area contributed by atoms with Crippen LogP contribution in [-0.4, -0.2) is 15.1 Å². The molecule has 4 heteroatoms. The molecule has 0 bridgehead atoms. The van der Waals surface area contributed by atoms with E-state index < -0.39 is 0 Å². The lowest BCUT2D eigenvalue weighted by Crippen LogP contribution is -2.04. The lowest BCUT2D eigenvalue weighted by atomic mass is 10.0. The number of nitrogens with zero attached hydrogens (tertiary/aromatic N) is 2. The number of thiophene rings is 1. The van der Waals surface area contributed by atoms with Crippen LogP contribution in [0.25, 0.3) is 21.8 Å². The summed E-state index contributed by atoms with van der Waals surface area (Å²) in [5.74, 6) is 0.233. The van der Waals surface area contributed by atoms with Crippen LogP contribution in [0.3, 0.4) is 0 Å². The van der Waals surface area contributed by atoms with Crippen molar-refractivity contribution < 1.29 is 5.11 Å². The molecule has 0 aliphatic heterocycles. The zero-order valence-corrected chi connectivity index (χ0v) is 16.8. The van der Waals surface area contributed by atoms with Crippen molar-refractivity contribution >= 4 is 11.3 Å². The first-order valence-corrected chi connectivity index (χ1v) is 10.2. The molecule has 0 saturated carbocycles. The van der Waals surface area contributed by atoms with Crippen molar-refractivity contribution in [3.05, 3.63) is 88.6 Å². The van der Waals surface area contributed by atoms with E-state index in [-0.39, 0.29) is 5.75 Å². The fourth-order valence-corrected chi connectivity index (χ4v) is 4.23. The lowest BCUT2D eigenvalue weighted by Gasteiger charge is -2.13. The first kappa shape index (κ1) is 18.4. The molecule has 0 amide bonds. The van der Waals surface area contributed by atoms with Gasteiger partial charge in [-0.2, -0.15) is 0 Å². The molecule has 2 aromatic heterocycles. The summed E-state index contributed by atoms with van der Waals surface area (Å²) in [7, 11) is 0. The number of aryl methyl sites for hydroxylation is 4. The fraction of sp³-hybridized carbons (Fsp3) is 0.167. The van der Waals surface area contributed by atoms with Crippen molar-refractivity contribution in [3.8, 4) is 27.6 Å². The summed E-state index contributed by atoms with van der Waals surface area (Å²) in [6, 6.07) is 22.0. The highest BCUT2D eigenvalue weighted by Crippen LogP contribution is 2.34. The molecule has 4 aromatic rings. The maximum atomic E-state index is 10.4. The molecule has 0 aliphatic rings. The Kier molecular flexibility index (Phi) is 5.22. The van der Waals surface area contributed by atoms with Gasteiger partial charge in [0.1, 0.15) is 11.4 Å². The Labute approximate surface area is 169 Å². The minimum absolute atomic E-state index is 0.233. The van der Waals surface area contributed by atoms with E-state index in [9.17, 15) is 5.11 Å². The van der Waals surface area contributed by atoms with Crippen molar-refractivity contribution in [1.82, 2.24) is 9.97 Å². The van der Waals surface area contributed by atoms with Crippen LogP contribution in [0, 0.1) is 13.8 Å². The maximum Gasteiger partial charge on any atom is 0.125 e. The van der Waals surface area contributed by atoms with Gasteiger partial charge in [-0.15, -0.1) is 11.3 Å². The van der Waals surface area contributed by atoms with E-state index in [0.717, 1.165) is 46.1 Å². The molecule has 4 rings (SSSR count). The third-order valence-electron chi connectivity index (χ3n) is 4.77. The van der Waals surface area contributed by atoms with Crippen LogP contribution >= 0.6 is 11.3 Å². The topological polar surface area (TPSA) is 46.0 Å². The number of aromatic nitrogens is 2. The molecule has 0 fully saturated rings. The Morgan fingerprint density at radius 2 is 1.54 bits per heavy atom. The van der Waals surface area contributed by atoms with Gasteiger partial charge in [-0.25, -0.2) is 9.97 Å². The van der Waals surface area contributed by atoms with Crippen molar-refractivity contribution in [2.75, 3.05) is 0 Å². The van der Waals surface area contributed by atoms with Crippen LogP contribution in [0.2, 0.25) is 0 Å². The lowest BCUT2D eigenvalue weighted by molar-refractivity contribution is 0.477. The van der Waals surface area contributed by atoms with Crippen LogP contribution in [-0.2, 0) is 12.8 Å². The molecule has 2 aromatic carbocycles. The van der Waals surface area contributed by atoms with Gasteiger partial charge in [0.15, 0.2) is 0 Å². The zero-order valence-electron chi connectivity index (χ0n) is 16.0. The van der Waals surface area contributed by atoms with E-state index in [1.807, 2.05) is 31.2 Å². The molecular weight excluding hydrogens is 364 g/mol. The predicted octanol–water partition coefficient (Wildman–Crippen LogP) is 5.98. The van der Waals surface area contributed by atoms with E-state index in [0.29, 0.717) is 0 Å². The molecule has 0 spiro atoms. The van der Waals surface area contributed by atoms with Gasteiger partial charge in [-0.3, -0.25) is 0 Å². The largest absolute Gasteiger partial charge is 0.507 e. The number of para-hydroxylation sites is 1. The van der Waals surface area contributed by atoms with Crippen LogP contribution in [0.1, 0.15) is 21.8 Å². The van der Waals surface area contributed by atoms with Gasteiger partial charge in [0, 0.05) is 10.4 Å². The second-order valence-electron chi connectivity index (χ2n) is 6.87. The number of aromatic hydroxyl groups is 1. The second kappa shape index (κ2) is 7.95. The summed E-state index contributed by atoms with van der Waals surface area (Å²) < 4.78 is 0. The summed E-state index contributed by atoms with van der Waals surface area (Å²) in [5.41, 5.74) is 5.49. The van der Waals surface area contributed by atoms with Gasteiger partial charge in [0.25, 0.3) is 0 Å².